The van der Waals surface area contributed by atoms with Gasteiger partial charge in [-0.15, -0.1) is 0 Å². The van der Waals surface area contributed by atoms with E-state index in [4.69, 9.17) is 5.73 Å². The second-order valence-electron chi connectivity index (χ2n) is 5.46. The fraction of sp³-hybridized carbons (Fsp3) is 0.600. The van der Waals surface area contributed by atoms with Crippen molar-refractivity contribution >= 4 is 0 Å². The first-order valence-corrected chi connectivity index (χ1v) is 6.80. The van der Waals surface area contributed by atoms with Crippen LogP contribution in [0.15, 0.2) is 18.2 Å². The Bertz CT molecular complexity index is 399. The molecular weight excluding hydrogens is 232 g/mol. The molecule has 0 aliphatic heterocycles. The Morgan fingerprint density at radius 3 is 2.50 bits per heavy atom. The maximum absolute atomic E-state index is 13.9. The summed E-state index contributed by atoms with van der Waals surface area (Å²) in [6.45, 7) is 2.16. The Morgan fingerprint density at radius 2 is 1.89 bits per heavy atom. The third kappa shape index (κ3) is 2.56. The Balaban J connectivity index is 2.30. The molecule has 1 aromatic rings. The van der Waals surface area contributed by atoms with Gasteiger partial charge in [-0.2, -0.15) is 0 Å². The second-order valence-corrected chi connectivity index (χ2v) is 5.46. The first-order chi connectivity index (χ1) is 8.57. The summed E-state index contributed by atoms with van der Waals surface area (Å²) in [6, 6.07) is 3.99. The Hall–Kier alpha value is -0.960. The SMILES string of the molecule is CCC1CCCC(N)(c2c(F)cccc2F)CC1. The van der Waals surface area contributed by atoms with Crippen molar-refractivity contribution in [2.24, 2.45) is 11.7 Å². The maximum Gasteiger partial charge on any atom is 0.131 e. The maximum atomic E-state index is 13.9. The minimum Gasteiger partial charge on any atom is -0.321 e. The molecule has 3 heteroatoms. The van der Waals surface area contributed by atoms with Crippen LogP contribution in [0.2, 0.25) is 0 Å². The molecule has 2 unspecified atom stereocenters. The van der Waals surface area contributed by atoms with Gasteiger partial charge in [0, 0.05) is 11.1 Å². The fourth-order valence-corrected chi connectivity index (χ4v) is 3.07. The third-order valence-electron chi connectivity index (χ3n) is 4.27. The van der Waals surface area contributed by atoms with Crippen LogP contribution in [-0.2, 0) is 5.54 Å². The number of hydrogen-bond donors (Lipinski definition) is 1. The summed E-state index contributed by atoms with van der Waals surface area (Å²) < 4.78 is 27.7. The van der Waals surface area contributed by atoms with E-state index < -0.39 is 17.2 Å². The normalized spacial score (nSPS) is 29.0. The predicted molar refractivity (Wildman–Crippen MR) is 69.1 cm³/mol. The zero-order valence-corrected chi connectivity index (χ0v) is 10.9. The molecule has 18 heavy (non-hydrogen) atoms. The molecule has 2 rings (SSSR count). The van der Waals surface area contributed by atoms with E-state index in [0.717, 1.165) is 25.7 Å². The van der Waals surface area contributed by atoms with Crippen molar-refractivity contribution in [2.75, 3.05) is 0 Å². The lowest BCUT2D eigenvalue weighted by Crippen LogP contribution is -2.38. The Kier molecular flexibility index (Phi) is 4.00. The van der Waals surface area contributed by atoms with Crippen LogP contribution in [0.25, 0.3) is 0 Å². The third-order valence-corrected chi connectivity index (χ3v) is 4.27. The molecule has 1 fully saturated rings. The van der Waals surface area contributed by atoms with Crippen LogP contribution < -0.4 is 5.73 Å². The van der Waals surface area contributed by atoms with Gasteiger partial charge in [-0.3, -0.25) is 0 Å². The zero-order valence-electron chi connectivity index (χ0n) is 10.9. The van der Waals surface area contributed by atoms with Gasteiger partial charge < -0.3 is 5.73 Å². The molecule has 0 saturated heterocycles. The van der Waals surface area contributed by atoms with Gasteiger partial charge in [-0.1, -0.05) is 32.3 Å². The van der Waals surface area contributed by atoms with Gasteiger partial charge in [0.15, 0.2) is 0 Å². The van der Waals surface area contributed by atoms with E-state index in [1.807, 2.05) is 0 Å². The molecule has 0 spiro atoms. The number of benzene rings is 1. The van der Waals surface area contributed by atoms with Crippen molar-refractivity contribution in [2.45, 2.75) is 51.0 Å². The average molecular weight is 253 g/mol. The second kappa shape index (κ2) is 5.35. The highest BCUT2D eigenvalue weighted by Gasteiger charge is 2.35. The van der Waals surface area contributed by atoms with Crippen molar-refractivity contribution in [1.82, 2.24) is 0 Å². The van der Waals surface area contributed by atoms with Gasteiger partial charge in [0.2, 0.25) is 0 Å². The first-order valence-electron chi connectivity index (χ1n) is 6.80. The minimum atomic E-state index is -0.834. The van der Waals surface area contributed by atoms with Crippen LogP contribution in [-0.4, -0.2) is 0 Å². The molecule has 1 aliphatic rings. The fourth-order valence-electron chi connectivity index (χ4n) is 3.07. The molecule has 2 N–H and O–H groups in total. The number of hydrogen-bond acceptors (Lipinski definition) is 1. The minimum absolute atomic E-state index is 0.0850. The summed E-state index contributed by atoms with van der Waals surface area (Å²) in [5, 5.41) is 0. The van der Waals surface area contributed by atoms with Crippen molar-refractivity contribution in [1.29, 1.82) is 0 Å². The van der Waals surface area contributed by atoms with E-state index in [9.17, 15) is 8.78 Å². The van der Waals surface area contributed by atoms with Crippen molar-refractivity contribution in [3.05, 3.63) is 35.4 Å². The Labute approximate surface area is 107 Å². The quantitative estimate of drug-likeness (QED) is 0.789. The van der Waals surface area contributed by atoms with Gasteiger partial charge in [0.1, 0.15) is 11.6 Å². The van der Waals surface area contributed by atoms with Gasteiger partial charge in [-0.05, 0) is 37.3 Å². The van der Waals surface area contributed by atoms with Gasteiger partial charge in [0.05, 0.1) is 0 Å². The van der Waals surface area contributed by atoms with Gasteiger partial charge >= 0.3 is 0 Å². The van der Waals surface area contributed by atoms with Crippen LogP contribution in [0.5, 0.6) is 0 Å². The van der Waals surface area contributed by atoms with Crippen LogP contribution in [0.1, 0.15) is 51.0 Å². The number of halogens is 2. The topological polar surface area (TPSA) is 26.0 Å². The molecule has 0 radical (unpaired) electrons. The molecule has 1 aliphatic carbocycles. The summed E-state index contributed by atoms with van der Waals surface area (Å²) in [7, 11) is 0. The predicted octanol–water partition coefficient (Wildman–Crippen LogP) is 4.11. The van der Waals surface area contributed by atoms with Gasteiger partial charge in [0.25, 0.3) is 0 Å². The summed E-state index contributed by atoms with van der Waals surface area (Å²) in [4.78, 5) is 0. The molecule has 100 valence electrons. The van der Waals surface area contributed by atoms with E-state index in [0.29, 0.717) is 18.8 Å². The highest BCUT2D eigenvalue weighted by molar-refractivity contribution is 5.28. The number of nitrogens with two attached hydrogens (primary N) is 1. The van der Waals surface area contributed by atoms with Crippen LogP contribution in [0.4, 0.5) is 8.78 Å². The summed E-state index contributed by atoms with van der Waals surface area (Å²) in [6.07, 6.45) is 5.48. The molecule has 1 saturated carbocycles. The smallest absolute Gasteiger partial charge is 0.131 e. The molecule has 0 amide bonds. The molecule has 1 aromatic carbocycles. The van der Waals surface area contributed by atoms with Crippen LogP contribution in [0, 0.1) is 17.6 Å². The average Bonchev–Trinajstić information content (AvgIpc) is 2.51. The molecule has 1 nitrogen and oxygen atoms in total. The number of rotatable bonds is 2. The first kappa shape index (κ1) is 13.5. The Morgan fingerprint density at radius 1 is 1.22 bits per heavy atom. The van der Waals surface area contributed by atoms with E-state index in [1.54, 1.807) is 0 Å². The van der Waals surface area contributed by atoms with E-state index >= 15 is 0 Å². The zero-order chi connectivity index (χ0) is 13.2. The van der Waals surface area contributed by atoms with E-state index in [1.165, 1.54) is 18.2 Å². The summed E-state index contributed by atoms with van der Waals surface area (Å²) in [5.41, 5.74) is 5.57. The molecule has 0 bridgehead atoms. The molecule has 2 atom stereocenters. The van der Waals surface area contributed by atoms with E-state index in [-0.39, 0.29) is 5.56 Å². The molecule has 0 aromatic heterocycles. The molecule has 0 heterocycles. The molecular formula is C15H21F2N. The van der Waals surface area contributed by atoms with Gasteiger partial charge in [-0.25, -0.2) is 8.78 Å². The van der Waals surface area contributed by atoms with Crippen LogP contribution in [0.3, 0.4) is 0 Å². The highest BCUT2D eigenvalue weighted by Crippen LogP contribution is 2.38. The van der Waals surface area contributed by atoms with E-state index in [2.05, 4.69) is 6.92 Å². The summed E-state index contributed by atoms with van der Waals surface area (Å²) >= 11 is 0. The summed E-state index contributed by atoms with van der Waals surface area (Å²) in [5.74, 6) is -0.370. The lowest BCUT2D eigenvalue weighted by atomic mass is 9.83. The van der Waals surface area contributed by atoms with Crippen LogP contribution >= 0.6 is 0 Å². The van der Waals surface area contributed by atoms with Crippen molar-refractivity contribution < 1.29 is 8.78 Å². The van der Waals surface area contributed by atoms with Crippen molar-refractivity contribution in [3.63, 3.8) is 0 Å². The lowest BCUT2D eigenvalue weighted by molar-refractivity contribution is 0.342. The monoisotopic (exact) mass is 253 g/mol. The lowest BCUT2D eigenvalue weighted by Gasteiger charge is -2.29. The standard InChI is InChI=1S/C15H21F2N/c1-2-11-5-4-9-15(18,10-8-11)14-12(16)6-3-7-13(14)17/h3,6-7,11H,2,4-5,8-10,18H2,1H3. The largest absolute Gasteiger partial charge is 0.321 e. The highest BCUT2D eigenvalue weighted by atomic mass is 19.1. The van der Waals surface area contributed by atoms with Crippen molar-refractivity contribution in [3.8, 4) is 0 Å².